The molecule has 3 N–H and O–H groups in total. The number of carbonyl (C=O) groups excluding carboxylic acids is 1. The Morgan fingerprint density at radius 2 is 2.06 bits per heavy atom. The summed E-state index contributed by atoms with van der Waals surface area (Å²) in [6.45, 7) is 5.75. The van der Waals surface area contributed by atoms with Crippen LogP contribution in [0.5, 0.6) is 0 Å². The van der Waals surface area contributed by atoms with Gasteiger partial charge in [0.05, 0.1) is 11.0 Å². The van der Waals surface area contributed by atoms with Crippen LogP contribution in [0.1, 0.15) is 31.5 Å². The van der Waals surface area contributed by atoms with Crippen molar-refractivity contribution in [2.45, 2.75) is 39.7 Å². The lowest BCUT2D eigenvalue weighted by Gasteiger charge is -2.15. The van der Waals surface area contributed by atoms with Gasteiger partial charge >= 0.3 is 0 Å². The Labute approximate surface area is 185 Å². The van der Waals surface area contributed by atoms with Crippen molar-refractivity contribution in [3.05, 3.63) is 58.0 Å². The minimum Gasteiger partial charge on any atom is -0.344 e. The fourth-order valence-electron chi connectivity index (χ4n) is 4.96. The van der Waals surface area contributed by atoms with Crippen molar-refractivity contribution < 1.29 is 4.79 Å². The highest BCUT2D eigenvalue weighted by Crippen LogP contribution is 2.35. The highest BCUT2D eigenvalue weighted by atomic mass is 16.2. The molecule has 3 heterocycles. The lowest BCUT2D eigenvalue weighted by Crippen LogP contribution is -2.25. The molecular weight excluding hydrogens is 402 g/mol. The van der Waals surface area contributed by atoms with E-state index in [4.69, 9.17) is 10.7 Å². The van der Waals surface area contributed by atoms with Gasteiger partial charge in [0, 0.05) is 47.9 Å². The number of hydrogen-bond acceptors (Lipinski definition) is 4. The number of aromatic nitrogens is 3. The minimum atomic E-state index is -0.221. The molecule has 0 saturated carbocycles. The number of nitrogens with zero attached hydrogens (tertiary/aromatic N) is 3. The molecule has 1 aliphatic rings. The standard InChI is InChI=1S/C25H27N5O2/c1-3-20-23(17-7-4-5-8-21(17)30(20)11-6-10-26)24-25(32)28-19-14-22-16(13-18(19)27-24)9-12-29(22)15(2)31/h4-5,7-8,13-14H,3,6,9-12,26H2,1-2H3,(H,28,32). The van der Waals surface area contributed by atoms with E-state index < -0.39 is 0 Å². The van der Waals surface area contributed by atoms with Crippen LogP contribution in [-0.4, -0.2) is 33.5 Å². The van der Waals surface area contributed by atoms with Crippen molar-refractivity contribution in [1.29, 1.82) is 0 Å². The molecule has 0 unspecified atom stereocenters. The van der Waals surface area contributed by atoms with Crippen molar-refractivity contribution in [3.63, 3.8) is 0 Å². The quantitative estimate of drug-likeness (QED) is 0.508. The molecule has 1 amide bonds. The molecule has 7 heteroatoms. The Balaban J connectivity index is 1.74. The summed E-state index contributed by atoms with van der Waals surface area (Å²) in [5.41, 5.74) is 12.4. The first kappa shape index (κ1) is 20.5. The van der Waals surface area contributed by atoms with Crippen molar-refractivity contribution in [1.82, 2.24) is 14.5 Å². The van der Waals surface area contributed by atoms with Crippen LogP contribution < -0.4 is 16.2 Å². The number of nitrogens with one attached hydrogen (secondary N) is 1. The van der Waals surface area contributed by atoms with Gasteiger partial charge in [-0.25, -0.2) is 4.98 Å². The van der Waals surface area contributed by atoms with Gasteiger partial charge in [-0.2, -0.15) is 0 Å². The SMILES string of the molecule is CCc1c(-c2nc3cc4c(cc3[nH]c2=O)N(C(C)=O)CC4)c2ccccc2n1CCCN. The zero-order chi connectivity index (χ0) is 22.4. The molecule has 0 bridgehead atoms. The summed E-state index contributed by atoms with van der Waals surface area (Å²) in [6, 6.07) is 12.0. The minimum absolute atomic E-state index is 0.00732. The Hall–Kier alpha value is -3.45. The van der Waals surface area contributed by atoms with E-state index in [1.54, 1.807) is 11.8 Å². The zero-order valence-corrected chi connectivity index (χ0v) is 18.4. The van der Waals surface area contributed by atoms with Crippen molar-refractivity contribution in [2.24, 2.45) is 5.73 Å². The molecule has 164 valence electrons. The monoisotopic (exact) mass is 429 g/mol. The predicted octanol–water partition coefficient (Wildman–Crippen LogP) is 3.37. The number of carbonyl (C=O) groups is 1. The molecule has 5 rings (SSSR count). The van der Waals surface area contributed by atoms with E-state index in [2.05, 4.69) is 28.6 Å². The fraction of sp³-hybridized carbons (Fsp3) is 0.320. The van der Waals surface area contributed by atoms with E-state index in [9.17, 15) is 9.59 Å². The summed E-state index contributed by atoms with van der Waals surface area (Å²) in [5, 5.41) is 1.03. The van der Waals surface area contributed by atoms with Gasteiger partial charge in [-0.3, -0.25) is 9.59 Å². The number of fused-ring (bicyclic) bond motifs is 3. The second kappa shape index (κ2) is 7.91. The number of aryl methyl sites for hydroxylation is 1. The molecule has 32 heavy (non-hydrogen) atoms. The number of anilines is 1. The van der Waals surface area contributed by atoms with E-state index in [0.717, 1.165) is 64.7 Å². The highest BCUT2D eigenvalue weighted by Gasteiger charge is 2.25. The lowest BCUT2D eigenvalue weighted by molar-refractivity contribution is -0.116. The topological polar surface area (TPSA) is 97.0 Å². The molecule has 4 aromatic rings. The molecule has 0 aliphatic carbocycles. The van der Waals surface area contributed by atoms with E-state index in [1.165, 1.54) is 0 Å². The summed E-state index contributed by atoms with van der Waals surface area (Å²) < 4.78 is 2.27. The number of para-hydroxylation sites is 1. The number of benzene rings is 2. The molecule has 7 nitrogen and oxygen atoms in total. The van der Waals surface area contributed by atoms with Crippen LogP contribution in [0.4, 0.5) is 5.69 Å². The third-order valence-corrected chi connectivity index (χ3v) is 6.40. The summed E-state index contributed by atoms with van der Waals surface area (Å²) in [7, 11) is 0. The Kier molecular flexibility index (Phi) is 5.06. The maximum absolute atomic E-state index is 13.3. The molecule has 0 fully saturated rings. The van der Waals surface area contributed by atoms with Gasteiger partial charge in [0.2, 0.25) is 5.91 Å². The normalized spacial score (nSPS) is 13.3. The molecule has 1 aliphatic heterocycles. The maximum Gasteiger partial charge on any atom is 0.275 e. The first-order chi connectivity index (χ1) is 15.5. The van der Waals surface area contributed by atoms with E-state index in [0.29, 0.717) is 24.3 Å². The first-order valence-corrected chi connectivity index (χ1v) is 11.2. The van der Waals surface area contributed by atoms with E-state index in [1.807, 2.05) is 24.3 Å². The zero-order valence-electron chi connectivity index (χ0n) is 18.4. The number of aromatic amines is 1. The summed E-state index contributed by atoms with van der Waals surface area (Å²) >= 11 is 0. The molecule has 2 aromatic carbocycles. The van der Waals surface area contributed by atoms with Crippen molar-refractivity contribution in [3.8, 4) is 11.3 Å². The van der Waals surface area contributed by atoms with Crippen LogP contribution in [0, 0.1) is 0 Å². The van der Waals surface area contributed by atoms with Gasteiger partial charge in [0.1, 0.15) is 5.69 Å². The smallest absolute Gasteiger partial charge is 0.275 e. The van der Waals surface area contributed by atoms with Crippen LogP contribution in [0.15, 0.2) is 41.2 Å². The van der Waals surface area contributed by atoms with Crippen LogP contribution >= 0.6 is 0 Å². The highest BCUT2D eigenvalue weighted by molar-refractivity contribution is 5.99. The van der Waals surface area contributed by atoms with Gasteiger partial charge in [0.25, 0.3) is 5.56 Å². The fourth-order valence-corrected chi connectivity index (χ4v) is 4.96. The van der Waals surface area contributed by atoms with Crippen molar-refractivity contribution in [2.75, 3.05) is 18.0 Å². The van der Waals surface area contributed by atoms with Crippen LogP contribution in [0.3, 0.4) is 0 Å². The molecule has 0 saturated heterocycles. The van der Waals surface area contributed by atoms with Gasteiger partial charge in [-0.15, -0.1) is 0 Å². The maximum atomic E-state index is 13.3. The molecule has 0 atom stereocenters. The number of H-pyrrole nitrogens is 1. The lowest BCUT2D eigenvalue weighted by atomic mass is 10.1. The number of amides is 1. The third kappa shape index (κ3) is 3.12. The molecular formula is C25H27N5O2. The molecule has 0 radical (unpaired) electrons. The summed E-state index contributed by atoms with van der Waals surface area (Å²) in [5.74, 6) is 0.00732. The number of hydrogen-bond donors (Lipinski definition) is 2. The predicted molar refractivity (Wildman–Crippen MR) is 128 cm³/mol. The summed E-state index contributed by atoms with van der Waals surface area (Å²) in [4.78, 5) is 34.8. The average Bonchev–Trinajstić information content (AvgIpc) is 3.34. The van der Waals surface area contributed by atoms with Gasteiger partial charge in [-0.05, 0) is 49.6 Å². The van der Waals surface area contributed by atoms with E-state index >= 15 is 0 Å². The number of rotatable bonds is 5. The van der Waals surface area contributed by atoms with Gasteiger partial charge in [-0.1, -0.05) is 25.1 Å². The third-order valence-electron chi connectivity index (χ3n) is 6.40. The van der Waals surface area contributed by atoms with Crippen LogP contribution in [0.2, 0.25) is 0 Å². The molecule has 0 spiro atoms. The van der Waals surface area contributed by atoms with Crippen molar-refractivity contribution >= 4 is 33.5 Å². The van der Waals surface area contributed by atoms with Gasteiger partial charge in [0.15, 0.2) is 0 Å². The second-order valence-corrected chi connectivity index (χ2v) is 8.32. The summed E-state index contributed by atoms with van der Waals surface area (Å²) in [6.07, 6.45) is 2.44. The second-order valence-electron chi connectivity index (χ2n) is 8.32. The Morgan fingerprint density at radius 1 is 1.25 bits per heavy atom. The van der Waals surface area contributed by atoms with Crippen LogP contribution in [-0.2, 0) is 24.2 Å². The van der Waals surface area contributed by atoms with Gasteiger partial charge < -0.3 is 20.2 Å². The Morgan fingerprint density at radius 3 is 2.81 bits per heavy atom. The largest absolute Gasteiger partial charge is 0.344 e. The number of nitrogens with two attached hydrogens (primary N) is 1. The first-order valence-electron chi connectivity index (χ1n) is 11.2. The van der Waals surface area contributed by atoms with Crippen LogP contribution in [0.25, 0.3) is 33.2 Å². The molecule has 2 aromatic heterocycles. The average molecular weight is 430 g/mol. The van der Waals surface area contributed by atoms with E-state index in [-0.39, 0.29) is 11.5 Å². The Bertz CT molecular complexity index is 1420.